The molecule has 0 unspecified atom stereocenters. The highest BCUT2D eigenvalue weighted by molar-refractivity contribution is 5.77. The Kier molecular flexibility index (Phi) is 4.49. The summed E-state index contributed by atoms with van der Waals surface area (Å²) in [7, 11) is 2.99. The number of aldehydes is 1. The van der Waals surface area contributed by atoms with E-state index in [1.54, 1.807) is 7.11 Å². The first-order valence-electron chi connectivity index (χ1n) is 4.29. The van der Waals surface area contributed by atoms with Crippen LogP contribution >= 0.6 is 0 Å². The van der Waals surface area contributed by atoms with Crippen LogP contribution in [-0.2, 0) is 4.74 Å². The van der Waals surface area contributed by atoms with E-state index in [2.05, 4.69) is 9.97 Å². The van der Waals surface area contributed by atoms with Crippen LogP contribution in [0.3, 0.4) is 0 Å². The molecule has 0 aromatic carbocycles. The topological polar surface area (TPSA) is 70.5 Å². The van der Waals surface area contributed by atoms with Crippen molar-refractivity contribution in [1.82, 2.24) is 9.97 Å². The van der Waals surface area contributed by atoms with Crippen LogP contribution in [-0.4, -0.2) is 43.7 Å². The van der Waals surface area contributed by atoms with Crippen LogP contribution in [0.15, 0.2) is 6.20 Å². The Morgan fingerprint density at radius 2 is 2.20 bits per heavy atom. The fourth-order valence-corrected chi connectivity index (χ4v) is 0.890. The van der Waals surface area contributed by atoms with Crippen LogP contribution in [0.1, 0.15) is 10.4 Å². The van der Waals surface area contributed by atoms with Crippen LogP contribution in [0.2, 0.25) is 0 Å². The number of aromatic nitrogens is 2. The monoisotopic (exact) mass is 212 g/mol. The number of carbonyl (C=O) groups excluding carboxylic acids is 1. The van der Waals surface area contributed by atoms with Gasteiger partial charge in [0.1, 0.15) is 6.61 Å². The highest BCUT2D eigenvalue weighted by Crippen LogP contribution is 2.14. The van der Waals surface area contributed by atoms with Gasteiger partial charge in [0.15, 0.2) is 6.29 Å². The molecule has 0 saturated heterocycles. The molecule has 1 rings (SSSR count). The molecule has 0 aliphatic carbocycles. The molecular formula is C9H12N2O4. The molecule has 0 fully saturated rings. The molecule has 6 heteroatoms. The van der Waals surface area contributed by atoms with E-state index in [0.717, 1.165) is 0 Å². The molecule has 82 valence electrons. The van der Waals surface area contributed by atoms with Gasteiger partial charge in [-0.2, -0.15) is 4.98 Å². The normalized spacial score (nSPS) is 9.73. The second-order valence-corrected chi connectivity index (χ2v) is 2.58. The van der Waals surface area contributed by atoms with Crippen molar-refractivity contribution >= 4 is 6.29 Å². The van der Waals surface area contributed by atoms with Gasteiger partial charge in [0.2, 0.25) is 5.88 Å². The summed E-state index contributed by atoms with van der Waals surface area (Å²) < 4.78 is 14.8. The van der Waals surface area contributed by atoms with Gasteiger partial charge in [-0.3, -0.25) is 4.79 Å². The maximum Gasteiger partial charge on any atom is 0.319 e. The van der Waals surface area contributed by atoms with Crippen molar-refractivity contribution in [2.24, 2.45) is 0 Å². The molecule has 0 N–H and O–H groups in total. The van der Waals surface area contributed by atoms with Gasteiger partial charge in [-0.1, -0.05) is 0 Å². The first-order chi connectivity index (χ1) is 7.31. The Bertz CT molecular complexity index is 330. The zero-order valence-corrected chi connectivity index (χ0v) is 8.60. The van der Waals surface area contributed by atoms with Crippen molar-refractivity contribution in [2.75, 3.05) is 27.4 Å². The zero-order chi connectivity index (χ0) is 11.1. The Labute approximate surface area is 87.2 Å². The van der Waals surface area contributed by atoms with Crippen molar-refractivity contribution in [1.29, 1.82) is 0 Å². The van der Waals surface area contributed by atoms with Gasteiger partial charge in [-0.05, 0) is 0 Å². The third-order valence-corrected chi connectivity index (χ3v) is 1.60. The Morgan fingerprint density at radius 3 is 2.80 bits per heavy atom. The average Bonchev–Trinajstić information content (AvgIpc) is 2.29. The number of nitrogens with zero attached hydrogens (tertiary/aromatic N) is 2. The number of hydrogen-bond donors (Lipinski definition) is 0. The fraction of sp³-hybridized carbons (Fsp3) is 0.444. The van der Waals surface area contributed by atoms with E-state index in [4.69, 9.17) is 14.2 Å². The molecule has 0 saturated carbocycles. The van der Waals surface area contributed by atoms with Crippen molar-refractivity contribution in [2.45, 2.75) is 0 Å². The molecule has 0 amide bonds. The third kappa shape index (κ3) is 3.17. The van der Waals surface area contributed by atoms with E-state index in [1.165, 1.54) is 13.3 Å². The number of ether oxygens (including phenoxy) is 3. The van der Waals surface area contributed by atoms with Gasteiger partial charge in [0, 0.05) is 13.3 Å². The lowest BCUT2D eigenvalue weighted by Crippen LogP contribution is -2.07. The Morgan fingerprint density at radius 1 is 1.40 bits per heavy atom. The van der Waals surface area contributed by atoms with Crippen molar-refractivity contribution in [3.63, 3.8) is 0 Å². The van der Waals surface area contributed by atoms with E-state index >= 15 is 0 Å². The quantitative estimate of drug-likeness (QED) is 0.499. The van der Waals surface area contributed by atoms with Gasteiger partial charge >= 0.3 is 6.01 Å². The lowest BCUT2D eigenvalue weighted by molar-refractivity contribution is 0.111. The van der Waals surface area contributed by atoms with E-state index in [9.17, 15) is 4.79 Å². The molecule has 1 aromatic rings. The van der Waals surface area contributed by atoms with Crippen LogP contribution in [0.25, 0.3) is 0 Å². The predicted molar refractivity (Wildman–Crippen MR) is 51.3 cm³/mol. The molecule has 0 bridgehead atoms. The maximum atomic E-state index is 10.5. The van der Waals surface area contributed by atoms with Crippen LogP contribution < -0.4 is 9.47 Å². The molecule has 1 aromatic heterocycles. The Balaban J connectivity index is 2.70. The van der Waals surface area contributed by atoms with Crippen LogP contribution in [0, 0.1) is 0 Å². The first-order valence-corrected chi connectivity index (χ1v) is 4.29. The summed E-state index contributed by atoms with van der Waals surface area (Å²) in [6.07, 6.45) is 1.97. The van der Waals surface area contributed by atoms with Crippen LogP contribution in [0.4, 0.5) is 0 Å². The number of rotatable bonds is 6. The second kappa shape index (κ2) is 5.92. The van der Waals surface area contributed by atoms with Gasteiger partial charge in [-0.25, -0.2) is 4.98 Å². The lowest BCUT2D eigenvalue weighted by Gasteiger charge is -2.05. The summed E-state index contributed by atoms with van der Waals surface area (Å²) in [5, 5.41) is 0. The molecule has 6 nitrogen and oxygen atoms in total. The lowest BCUT2D eigenvalue weighted by atomic mass is 10.4. The predicted octanol–water partition coefficient (Wildman–Crippen LogP) is 0.323. The summed E-state index contributed by atoms with van der Waals surface area (Å²) in [6, 6.07) is 0.162. The molecule has 0 radical (unpaired) electrons. The minimum atomic E-state index is 0.162. The molecule has 0 aliphatic rings. The first kappa shape index (κ1) is 11.4. The Hall–Kier alpha value is -1.69. The van der Waals surface area contributed by atoms with E-state index in [0.29, 0.717) is 19.5 Å². The molecule has 0 aliphatic heterocycles. The summed E-state index contributed by atoms with van der Waals surface area (Å²) in [5.41, 5.74) is 0.289. The minimum absolute atomic E-state index is 0.162. The number of hydrogen-bond acceptors (Lipinski definition) is 6. The maximum absolute atomic E-state index is 10.5. The summed E-state index contributed by atoms with van der Waals surface area (Å²) in [6.45, 7) is 0.793. The van der Waals surface area contributed by atoms with Crippen molar-refractivity contribution in [3.05, 3.63) is 11.8 Å². The third-order valence-electron chi connectivity index (χ3n) is 1.60. The summed E-state index contributed by atoms with van der Waals surface area (Å²) in [5.74, 6) is 0.201. The molecular weight excluding hydrogens is 200 g/mol. The molecule has 0 atom stereocenters. The van der Waals surface area contributed by atoms with Gasteiger partial charge in [0.05, 0.1) is 19.3 Å². The average molecular weight is 212 g/mol. The van der Waals surface area contributed by atoms with Gasteiger partial charge < -0.3 is 14.2 Å². The smallest absolute Gasteiger partial charge is 0.319 e. The zero-order valence-electron chi connectivity index (χ0n) is 8.60. The van der Waals surface area contributed by atoms with Crippen molar-refractivity contribution in [3.8, 4) is 11.9 Å². The molecule has 15 heavy (non-hydrogen) atoms. The molecule has 0 spiro atoms. The van der Waals surface area contributed by atoms with Gasteiger partial charge in [0.25, 0.3) is 0 Å². The minimum Gasteiger partial charge on any atom is -0.480 e. The fourth-order valence-electron chi connectivity index (χ4n) is 0.890. The highest BCUT2D eigenvalue weighted by atomic mass is 16.5. The molecule has 1 heterocycles. The summed E-state index contributed by atoms with van der Waals surface area (Å²) >= 11 is 0. The largest absolute Gasteiger partial charge is 0.480 e. The number of methoxy groups -OCH3 is 2. The number of carbonyl (C=O) groups is 1. The SMILES string of the molecule is COCCOc1ncc(C=O)c(OC)n1. The van der Waals surface area contributed by atoms with E-state index < -0.39 is 0 Å². The second-order valence-electron chi connectivity index (χ2n) is 2.58. The van der Waals surface area contributed by atoms with Gasteiger partial charge in [-0.15, -0.1) is 0 Å². The summed E-state index contributed by atoms with van der Waals surface area (Å²) in [4.78, 5) is 18.3. The van der Waals surface area contributed by atoms with Crippen LogP contribution in [0.5, 0.6) is 11.9 Å². The van der Waals surface area contributed by atoms with Crippen molar-refractivity contribution < 1.29 is 19.0 Å². The van der Waals surface area contributed by atoms with E-state index in [1.807, 2.05) is 0 Å². The standard InChI is InChI=1S/C9H12N2O4/c1-13-3-4-15-9-10-5-7(6-12)8(11-9)14-2/h5-6H,3-4H2,1-2H3. The van der Waals surface area contributed by atoms with E-state index in [-0.39, 0.29) is 17.5 Å². The highest BCUT2D eigenvalue weighted by Gasteiger charge is 2.07.